The maximum Gasteiger partial charge on any atom is 0.270 e. The molecule has 0 spiro atoms. The van der Waals surface area contributed by atoms with Gasteiger partial charge in [-0.3, -0.25) is 4.79 Å². The SMILES string of the molecule is COCCCNC(=O)c1cc(N(C)c2ccccc2)nc(-c2ccccc2)n1. The number of carbonyl (C=O) groups excluding carboxylic acids is 1. The van der Waals surface area contributed by atoms with Gasteiger partial charge in [0.2, 0.25) is 0 Å². The fourth-order valence-corrected chi connectivity index (χ4v) is 2.73. The first-order chi connectivity index (χ1) is 13.7. The van der Waals surface area contributed by atoms with Crippen molar-refractivity contribution in [3.05, 3.63) is 72.4 Å². The van der Waals surface area contributed by atoms with Crippen molar-refractivity contribution in [2.24, 2.45) is 0 Å². The van der Waals surface area contributed by atoms with Gasteiger partial charge in [0, 0.05) is 44.6 Å². The van der Waals surface area contributed by atoms with Crippen LogP contribution in [0.2, 0.25) is 0 Å². The number of hydrogen-bond donors (Lipinski definition) is 1. The molecule has 0 saturated carbocycles. The summed E-state index contributed by atoms with van der Waals surface area (Å²) in [6, 6.07) is 21.3. The van der Waals surface area contributed by atoms with E-state index < -0.39 is 0 Å². The molecule has 6 nitrogen and oxygen atoms in total. The maximum atomic E-state index is 12.6. The second kappa shape index (κ2) is 9.62. The molecule has 0 saturated heterocycles. The third-order valence-corrected chi connectivity index (χ3v) is 4.28. The van der Waals surface area contributed by atoms with Crippen LogP contribution in [-0.2, 0) is 4.74 Å². The molecule has 1 aromatic heterocycles. The van der Waals surface area contributed by atoms with Crippen molar-refractivity contribution in [2.75, 3.05) is 32.2 Å². The summed E-state index contributed by atoms with van der Waals surface area (Å²) >= 11 is 0. The highest BCUT2D eigenvalue weighted by Gasteiger charge is 2.15. The average molecular weight is 376 g/mol. The molecule has 0 radical (unpaired) electrons. The smallest absolute Gasteiger partial charge is 0.270 e. The minimum atomic E-state index is -0.224. The van der Waals surface area contributed by atoms with E-state index in [9.17, 15) is 4.79 Å². The molecule has 144 valence electrons. The number of nitrogens with zero attached hydrogens (tertiary/aromatic N) is 3. The van der Waals surface area contributed by atoms with Crippen LogP contribution in [0.4, 0.5) is 11.5 Å². The second-order valence-electron chi connectivity index (χ2n) is 6.30. The van der Waals surface area contributed by atoms with Gasteiger partial charge in [0.15, 0.2) is 5.82 Å². The molecular formula is C22H24N4O2. The highest BCUT2D eigenvalue weighted by Crippen LogP contribution is 2.25. The van der Waals surface area contributed by atoms with Crippen LogP contribution in [-0.4, -0.2) is 43.2 Å². The lowest BCUT2D eigenvalue weighted by Gasteiger charge is -2.19. The van der Waals surface area contributed by atoms with Crippen molar-refractivity contribution < 1.29 is 9.53 Å². The van der Waals surface area contributed by atoms with Crippen LogP contribution in [0.1, 0.15) is 16.9 Å². The number of hydrogen-bond acceptors (Lipinski definition) is 5. The largest absolute Gasteiger partial charge is 0.385 e. The Labute approximate surface area is 165 Å². The number of methoxy groups -OCH3 is 1. The molecule has 0 fully saturated rings. The van der Waals surface area contributed by atoms with Gasteiger partial charge in [-0.05, 0) is 18.6 Å². The number of nitrogens with one attached hydrogen (secondary N) is 1. The molecule has 1 amide bonds. The molecular weight excluding hydrogens is 352 g/mol. The highest BCUT2D eigenvalue weighted by atomic mass is 16.5. The van der Waals surface area contributed by atoms with Gasteiger partial charge in [-0.1, -0.05) is 48.5 Å². The zero-order valence-electron chi connectivity index (χ0n) is 16.1. The van der Waals surface area contributed by atoms with Gasteiger partial charge in [0.25, 0.3) is 5.91 Å². The van der Waals surface area contributed by atoms with Crippen molar-refractivity contribution in [1.29, 1.82) is 0 Å². The van der Waals surface area contributed by atoms with E-state index in [-0.39, 0.29) is 5.91 Å². The van der Waals surface area contributed by atoms with Gasteiger partial charge in [-0.15, -0.1) is 0 Å². The third-order valence-electron chi connectivity index (χ3n) is 4.28. The highest BCUT2D eigenvalue weighted by molar-refractivity contribution is 5.93. The van der Waals surface area contributed by atoms with Crippen LogP contribution < -0.4 is 10.2 Å². The number of amides is 1. The Bertz CT molecular complexity index is 901. The summed E-state index contributed by atoms with van der Waals surface area (Å²) in [6.07, 6.45) is 0.746. The monoisotopic (exact) mass is 376 g/mol. The Morgan fingerprint density at radius 1 is 1.04 bits per heavy atom. The number of para-hydroxylation sites is 1. The van der Waals surface area contributed by atoms with E-state index in [1.54, 1.807) is 13.2 Å². The summed E-state index contributed by atoms with van der Waals surface area (Å²) in [5, 5.41) is 2.89. The van der Waals surface area contributed by atoms with E-state index in [1.807, 2.05) is 72.6 Å². The number of rotatable bonds is 8. The molecule has 0 aliphatic carbocycles. The van der Waals surface area contributed by atoms with Crippen molar-refractivity contribution in [3.63, 3.8) is 0 Å². The topological polar surface area (TPSA) is 67.3 Å². The van der Waals surface area contributed by atoms with E-state index in [2.05, 4.69) is 15.3 Å². The summed E-state index contributed by atoms with van der Waals surface area (Å²) in [5.74, 6) is 0.948. The summed E-state index contributed by atoms with van der Waals surface area (Å²) in [4.78, 5) is 23.8. The molecule has 1 N–H and O–H groups in total. The van der Waals surface area contributed by atoms with Crippen LogP contribution in [0.25, 0.3) is 11.4 Å². The van der Waals surface area contributed by atoms with Crippen molar-refractivity contribution >= 4 is 17.4 Å². The maximum absolute atomic E-state index is 12.6. The Balaban J connectivity index is 1.94. The Morgan fingerprint density at radius 3 is 2.39 bits per heavy atom. The average Bonchev–Trinajstić information content (AvgIpc) is 2.77. The fraction of sp³-hybridized carbons (Fsp3) is 0.227. The van der Waals surface area contributed by atoms with Gasteiger partial charge in [-0.25, -0.2) is 9.97 Å². The van der Waals surface area contributed by atoms with Gasteiger partial charge >= 0.3 is 0 Å². The van der Waals surface area contributed by atoms with Crippen LogP contribution in [0, 0.1) is 0 Å². The molecule has 6 heteroatoms. The van der Waals surface area contributed by atoms with E-state index in [0.29, 0.717) is 30.5 Å². The summed E-state index contributed by atoms with van der Waals surface area (Å²) in [7, 11) is 3.57. The lowest BCUT2D eigenvalue weighted by molar-refractivity contribution is 0.0943. The van der Waals surface area contributed by atoms with Crippen LogP contribution >= 0.6 is 0 Å². The predicted octanol–water partition coefficient (Wildman–Crippen LogP) is 3.68. The number of aromatic nitrogens is 2. The van der Waals surface area contributed by atoms with Crippen molar-refractivity contribution in [2.45, 2.75) is 6.42 Å². The van der Waals surface area contributed by atoms with Crippen LogP contribution in [0.3, 0.4) is 0 Å². The minimum absolute atomic E-state index is 0.224. The number of carbonyl (C=O) groups is 1. The van der Waals surface area contributed by atoms with E-state index in [4.69, 9.17) is 4.74 Å². The first-order valence-electron chi connectivity index (χ1n) is 9.19. The molecule has 0 aliphatic heterocycles. The predicted molar refractivity (Wildman–Crippen MR) is 111 cm³/mol. The molecule has 0 bridgehead atoms. The quantitative estimate of drug-likeness (QED) is 0.608. The molecule has 2 aromatic carbocycles. The van der Waals surface area contributed by atoms with E-state index >= 15 is 0 Å². The zero-order valence-corrected chi connectivity index (χ0v) is 16.1. The lowest BCUT2D eigenvalue weighted by Crippen LogP contribution is -2.27. The fourth-order valence-electron chi connectivity index (χ4n) is 2.73. The van der Waals surface area contributed by atoms with E-state index in [1.165, 1.54) is 0 Å². The summed E-state index contributed by atoms with van der Waals surface area (Å²) in [6.45, 7) is 1.13. The van der Waals surface area contributed by atoms with Gasteiger partial charge in [-0.2, -0.15) is 0 Å². The molecule has 0 unspecified atom stereocenters. The van der Waals surface area contributed by atoms with Crippen LogP contribution in [0.5, 0.6) is 0 Å². The van der Waals surface area contributed by atoms with Gasteiger partial charge in [0.1, 0.15) is 11.5 Å². The Morgan fingerprint density at radius 2 is 1.71 bits per heavy atom. The van der Waals surface area contributed by atoms with E-state index in [0.717, 1.165) is 17.7 Å². The third kappa shape index (κ3) is 4.92. The van der Waals surface area contributed by atoms with Gasteiger partial charge in [0.05, 0.1) is 0 Å². The number of benzene rings is 2. The second-order valence-corrected chi connectivity index (χ2v) is 6.30. The Kier molecular flexibility index (Phi) is 6.70. The molecule has 0 atom stereocenters. The standard InChI is InChI=1S/C22H24N4O2/c1-26(18-12-7-4-8-13-18)20-16-19(22(27)23-14-9-15-28-2)24-21(25-20)17-10-5-3-6-11-17/h3-8,10-13,16H,9,14-15H2,1-2H3,(H,23,27). The Hall–Kier alpha value is -3.25. The van der Waals surface area contributed by atoms with Crippen molar-refractivity contribution in [3.8, 4) is 11.4 Å². The van der Waals surface area contributed by atoms with Crippen LogP contribution in [0.15, 0.2) is 66.7 Å². The molecule has 3 aromatic rings. The molecule has 3 rings (SSSR count). The first kappa shape index (κ1) is 19.5. The normalized spacial score (nSPS) is 10.5. The first-order valence-corrected chi connectivity index (χ1v) is 9.19. The summed E-state index contributed by atoms with van der Waals surface area (Å²) in [5.41, 5.74) is 2.18. The lowest BCUT2D eigenvalue weighted by atomic mass is 10.2. The minimum Gasteiger partial charge on any atom is -0.385 e. The molecule has 0 aliphatic rings. The van der Waals surface area contributed by atoms with Crippen molar-refractivity contribution in [1.82, 2.24) is 15.3 Å². The van der Waals surface area contributed by atoms with Gasteiger partial charge < -0.3 is 15.0 Å². The molecule has 1 heterocycles. The zero-order chi connectivity index (χ0) is 19.8. The number of anilines is 2. The number of ether oxygens (including phenoxy) is 1. The molecule has 28 heavy (non-hydrogen) atoms. The summed E-state index contributed by atoms with van der Waals surface area (Å²) < 4.78 is 5.02.